The molecule has 0 bridgehead atoms. The van der Waals surface area contributed by atoms with E-state index in [2.05, 4.69) is 16.7 Å². The summed E-state index contributed by atoms with van der Waals surface area (Å²) in [6.45, 7) is 4.77. The summed E-state index contributed by atoms with van der Waals surface area (Å²) in [5.41, 5.74) is 2.72. The van der Waals surface area contributed by atoms with Crippen LogP contribution in [0.4, 0.5) is 10.5 Å². The van der Waals surface area contributed by atoms with Gasteiger partial charge >= 0.3 is 6.03 Å². The topological polar surface area (TPSA) is 50.4 Å². The Morgan fingerprint density at radius 3 is 2.70 bits per heavy atom. The fourth-order valence-corrected chi connectivity index (χ4v) is 2.40. The molecule has 0 spiro atoms. The standard InChI is InChI=1S/C17H18Cl2N2O2/c1-11-6-7-15(12(2)10-11)23-9-8-20-17(22)21-14-5-3-4-13(18)16(14)19/h3-7,10H,8-9H2,1-2H3,(H2,20,21,22). The van der Waals surface area contributed by atoms with E-state index in [0.717, 1.165) is 11.3 Å². The minimum atomic E-state index is -0.363. The third kappa shape index (κ3) is 5.05. The van der Waals surface area contributed by atoms with Crippen LogP contribution in [0.15, 0.2) is 36.4 Å². The van der Waals surface area contributed by atoms with E-state index in [1.807, 2.05) is 26.0 Å². The van der Waals surface area contributed by atoms with Gasteiger partial charge in [0.15, 0.2) is 0 Å². The summed E-state index contributed by atoms with van der Waals surface area (Å²) >= 11 is 11.9. The van der Waals surface area contributed by atoms with Gasteiger partial charge in [-0.2, -0.15) is 0 Å². The van der Waals surface area contributed by atoms with Gasteiger partial charge in [-0.3, -0.25) is 0 Å². The van der Waals surface area contributed by atoms with Gasteiger partial charge < -0.3 is 15.4 Å². The normalized spacial score (nSPS) is 10.3. The first-order valence-electron chi connectivity index (χ1n) is 7.16. The largest absolute Gasteiger partial charge is 0.491 e. The molecule has 0 atom stereocenters. The number of amides is 2. The van der Waals surface area contributed by atoms with Crippen molar-refractivity contribution in [1.29, 1.82) is 0 Å². The molecule has 23 heavy (non-hydrogen) atoms. The Kier molecular flexibility index (Phi) is 6.13. The number of carbonyl (C=O) groups excluding carboxylic acids is 1. The average Bonchev–Trinajstić information content (AvgIpc) is 2.50. The molecular formula is C17H18Cl2N2O2. The van der Waals surface area contributed by atoms with Crippen molar-refractivity contribution in [2.24, 2.45) is 0 Å². The number of halogens is 2. The van der Waals surface area contributed by atoms with Crippen LogP contribution in [0.1, 0.15) is 11.1 Å². The predicted molar refractivity (Wildman–Crippen MR) is 94.9 cm³/mol. The van der Waals surface area contributed by atoms with E-state index in [0.29, 0.717) is 28.9 Å². The van der Waals surface area contributed by atoms with Crippen LogP contribution in [0.3, 0.4) is 0 Å². The average molecular weight is 353 g/mol. The second kappa shape index (κ2) is 8.09. The smallest absolute Gasteiger partial charge is 0.319 e. The van der Waals surface area contributed by atoms with E-state index in [4.69, 9.17) is 27.9 Å². The summed E-state index contributed by atoms with van der Waals surface area (Å²) in [6.07, 6.45) is 0. The van der Waals surface area contributed by atoms with Gasteiger partial charge in [0.05, 0.1) is 22.3 Å². The number of anilines is 1. The molecule has 0 aliphatic carbocycles. The van der Waals surface area contributed by atoms with Crippen LogP contribution < -0.4 is 15.4 Å². The highest BCUT2D eigenvalue weighted by Crippen LogP contribution is 2.29. The number of carbonyl (C=O) groups is 1. The number of aryl methyl sites for hydroxylation is 2. The molecule has 2 rings (SSSR count). The fourth-order valence-electron chi connectivity index (χ4n) is 2.05. The summed E-state index contributed by atoms with van der Waals surface area (Å²) in [7, 11) is 0. The maximum absolute atomic E-state index is 11.8. The molecule has 0 fully saturated rings. The lowest BCUT2D eigenvalue weighted by Gasteiger charge is -2.12. The van der Waals surface area contributed by atoms with Gasteiger partial charge in [0.25, 0.3) is 0 Å². The van der Waals surface area contributed by atoms with E-state index >= 15 is 0 Å². The lowest BCUT2D eigenvalue weighted by molar-refractivity contribution is 0.247. The molecule has 4 nitrogen and oxygen atoms in total. The summed E-state index contributed by atoms with van der Waals surface area (Å²) in [6, 6.07) is 10.7. The highest BCUT2D eigenvalue weighted by molar-refractivity contribution is 6.43. The summed E-state index contributed by atoms with van der Waals surface area (Å²) < 4.78 is 5.65. The van der Waals surface area contributed by atoms with Crippen LogP contribution in [0, 0.1) is 13.8 Å². The molecule has 0 radical (unpaired) electrons. The molecule has 0 unspecified atom stereocenters. The zero-order valence-corrected chi connectivity index (χ0v) is 14.5. The van der Waals surface area contributed by atoms with Gasteiger partial charge in [0.1, 0.15) is 12.4 Å². The molecule has 2 aromatic carbocycles. The maximum atomic E-state index is 11.8. The molecule has 2 aromatic rings. The van der Waals surface area contributed by atoms with Crippen LogP contribution in [0.2, 0.25) is 10.0 Å². The van der Waals surface area contributed by atoms with Crippen LogP contribution in [-0.4, -0.2) is 19.2 Å². The van der Waals surface area contributed by atoms with E-state index in [-0.39, 0.29) is 6.03 Å². The first kappa shape index (κ1) is 17.4. The van der Waals surface area contributed by atoms with Crippen molar-refractivity contribution < 1.29 is 9.53 Å². The molecule has 0 aromatic heterocycles. The molecule has 0 heterocycles. The fraction of sp³-hybridized carbons (Fsp3) is 0.235. The number of rotatable bonds is 5. The second-order valence-corrected chi connectivity index (χ2v) is 5.88. The van der Waals surface area contributed by atoms with E-state index in [1.54, 1.807) is 18.2 Å². The van der Waals surface area contributed by atoms with Gasteiger partial charge in [-0.25, -0.2) is 4.79 Å². The van der Waals surface area contributed by atoms with Gasteiger partial charge in [0.2, 0.25) is 0 Å². The maximum Gasteiger partial charge on any atom is 0.319 e. The third-order valence-electron chi connectivity index (χ3n) is 3.18. The molecule has 0 saturated carbocycles. The lowest BCUT2D eigenvalue weighted by Crippen LogP contribution is -2.32. The minimum absolute atomic E-state index is 0.316. The van der Waals surface area contributed by atoms with Crippen molar-refractivity contribution in [2.75, 3.05) is 18.5 Å². The molecular weight excluding hydrogens is 335 g/mol. The third-order valence-corrected chi connectivity index (χ3v) is 3.99. The van der Waals surface area contributed by atoms with Crippen molar-refractivity contribution in [3.05, 3.63) is 57.6 Å². The number of hydrogen-bond donors (Lipinski definition) is 2. The highest BCUT2D eigenvalue weighted by atomic mass is 35.5. The van der Waals surface area contributed by atoms with E-state index in [1.165, 1.54) is 5.56 Å². The highest BCUT2D eigenvalue weighted by Gasteiger charge is 2.07. The number of hydrogen-bond acceptors (Lipinski definition) is 2. The Labute approximate surface area is 145 Å². The lowest BCUT2D eigenvalue weighted by atomic mass is 10.1. The molecule has 2 N–H and O–H groups in total. The molecule has 2 amide bonds. The van der Waals surface area contributed by atoms with Gasteiger partial charge in [-0.05, 0) is 37.6 Å². The van der Waals surface area contributed by atoms with Gasteiger partial charge in [-0.15, -0.1) is 0 Å². The summed E-state index contributed by atoms with van der Waals surface area (Å²) in [5, 5.41) is 6.06. The van der Waals surface area contributed by atoms with Gasteiger partial charge in [0, 0.05) is 0 Å². The zero-order valence-electron chi connectivity index (χ0n) is 13.0. The van der Waals surface area contributed by atoms with E-state index < -0.39 is 0 Å². The van der Waals surface area contributed by atoms with Crippen LogP contribution >= 0.6 is 23.2 Å². The van der Waals surface area contributed by atoms with Crippen molar-refractivity contribution in [3.8, 4) is 5.75 Å². The SMILES string of the molecule is Cc1ccc(OCCNC(=O)Nc2cccc(Cl)c2Cl)c(C)c1. The summed E-state index contributed by atoms with van der Waals surface area (Å²) in [5.74, 6) is 0.815. The minimum Gasteiger partial charge on any atom is -0.491 e. The number of benzene rings is 2. The number of urea groups is 1. The number of ether oxygens (including phenoxy) is 1. The predicted octanol–water partition coefficient (Wildman–Crippen LogP) is 4.81. The molecule has 0 aliphatic rings. The molecule has 6 heteroatoms. The summed E-state index contributed by atoms with van der Waals surface area (Å²) in [4.78, 5) is 11.8. The first-order valence-corrected chi connectivity index (χ1v) is 7.92. The Morgan fingerprint density at radius 2 is 1.96 bits per heavy atom. The Bertz CT molecular complexity index is 705. The van der Waals surface area contributed by atoms with Crippen molar-refractivity contribution in [3.63, 3.8) is 0 Å². The van der Waals surface area contributed by atoms with Gasteiger partial charge in [-0.1, -0.05) is 47.0 Å². The van der Waals surface area contributed by atoms with Crippen molar-refractivity contribution in [1.82, 2.24) is 5.32 Å². The number of nitrogens with one attached hydrogen (secondary N) is 2. The van der Waals surface area contributed by atoms with Crippen LogP contribution in [-0.2, 0) is 0 Å². The molecule has 122 valence electrons. The Balaban J connectivity index is 1.78. The van der Waals surface area contributed by atoms with Crippen LogP contribution in [0.25, 0.3) is 0 Å². The Hall–Kier alpha value is -1.91. The van der Waals surface area contributed by atoms with E-state index in [9.17, 15) is 4.79 Å². The Morgan fingerprint density at radius 1 is 1.17 bits per heavy atom. The van der Waals surface area contributed by atoms with Crippen LogP contribution in [0.5, 0.6) is 5.75 Å². The van der Waals surface area contributed by atoms with Crippen molar-refractivity contribution >= 4 is 34.9 Å². The quantitative estimate of drug-likeness (QED) is 0.758. The first-order chi connectivity index (χ1) is 11.0. The zero-order chi connectivity index (χ0) is 16.8. The molecule has 0 saturated heterocycles. The van der Waals surface area contributed by atoms with Crippen molar-refractivity contribution in [2.45, 2.75) is 13.8 Å². The second-order valence-electron chi connectivity index (χ2n) is 5.10. The monoisotopic (exact) mass is 352 g/mol. The molecule has 0 aliphatic heterocycles.